The summed E-state index contributed by atoms with van der Waals surface area (Å²) in [4.78, 5) is 2.59. The zero-order valence-electron chi connectivity index (χ0n) is 30.1. The van der Waals surface area contributed by atoms with Gasteiger partial charge in [0.2, 0.25) is 0 Å². The molecule has 8 aromatic carbocycles. The van der Waals surface area contributed by atoms with Gasteiger partial charge in [-0.15, -0.1) is 11.3 Å². The molecule has 2 nitrogen and oxygen atoms in total. The van der Waals surface area contributed by atoms with E-state index >= 15 is 0 Å². The third-order valence-corrected chi connectivity index (χ3v) is 12.5. The maximum Gasteiger partial charge on any atom is 0.0779 e. The van der Waals surface area contributed by atoms with Gasteiger partial charge in [0, 0.05) is 42.3 Å². The molecule has 1 atom stereocenters. The van der Waals surface area contributed by atoms with Gasteiger partial charge in [-0.25, -0.2) is 0 Å². The molecule has 2 aromatic heterocycles. The third kappa shape index (κ3) is 5.23. The Morgan fingerprint density at radius 1 is 0.527 bits per heavy atom. The molecule has 10 aromatic rings. The Bertz CT molecular complexity index is 3110. The smallest absolute Gasteiger partial charge is 0.0779 e. The van der Waals surface area contributed by atoms with Gasteiger partial charge in [0.25, 0.3) is 0 Å². The lowest BCUT2D eigenvalue weighted by Crippen LogP contribution is -2.33. The van der Waals surface area contributed by atoms with E-state index in [0.29, 0.717) is 0 Å². The first kappa shape index (κ1) is 31.8. The van der Waals surface area contributed by atoms with Crippen LogP contribution < -0.4 is 4.90 Å². The fraction of sp³-hybridized carbons (Fsp3) is 0.0385. The highest BCUT2D eigenvalue weighted by Crippen LogP contribution is 2.45. The van der Waals surface area contributed by atoms with Crippen LogP contribution >= 0.6 is 11.3 Å². The summed E-state index contributed by atoms with van der Waals surface area (Å²) in [5, 5.41) is 7.79. The topological polar surface area (TPSA) is 8.17 Å². The number of rotatable bonds is 6. The fourth-order valence-corrected chi connectivity index (χ4v) is 9.98. The average molecular weight is 721 g/mol. The van der Waals surface area contributed by atoms with Crippen LogP contribution in [0.5, 0.6) is 0 Å². The van der Waals surface area contributed by atoms with E-state index in [0.717, 1.165) is 17.8 Å². The zero-order valence-corrected chi connectivity index (χ0v) is 31.0. The van der Waals surface area contributed by atoms with Gasteiger partial charge in [-0.3, -0.25) is 0 Å². The first-order chi connectivity index (χ1) is 27.3. The molecule has 0 N–H and O–H groups in total. The second-order valence-corrected chi connectivity index (χ2v) is 15.5. The molecule has 0 aliphatic heterocycles. The summed E-state index contributed by atoms with van der Waals surface area (Å²) in [6.45, 7) is 0. The maximum atomic E-state index is 2.59. The number of allylic oxidation sites excluding steroid dienone is 2. The number of anilines is 2. The van der Waals surface area contributed by atoms with Crippen molar-refractivity contribution in [2.75, 3.05) is 4.90 Å². The van der Waals surface area contributed by atoms with Crippen LogP contribution in [-0.2, 0) is 0 Å². The second-order valence-electron chi connectivity index (χ2n) is 14.4. The molecule has 55 heavy (non-hydrogen) atoms. The average Bonchev–Trinajstić information content (AvgIpc) is 3.81. The minimum atomic E-state index is 0.0783. The van der Waals surface area contributed by atoms with Crippen LogP contribution in [0.3, 0.4) is 0 Å². The van der Waals surface area contributed by atoms with Gasteiger partial charge in [-0.1, -0.05) is 146 Å². The van der Waals surface area contributed by atoms with Crippen LogP contribution in [0.1, 0.15) is 12.0 Å². The molecule has 0 saturated carbocycles. The highest BCUT2D eigenvalue weighted by Gasteiger charge is 2.29. The van der Waals surface area contributed by atoms with Crippen LogP contribution in [0.2, 0.25) is 0 Å². The van der Waals surface area contributed by atoms with Crippen molar-refractivity contribution in [1.29, 1.82) is 0 Å². The lowest BCUT2D eigenvalue weighted by atomic mass is 9.90. The number of aromatic nitrogens is 1. The van der Waals surface area contributed by atoms with Gasteiger partial charge in [0.05, 0.1) is 22.8 Å². The highest BCUT2D eigenvalue weighted by molar-refractivity contribution is 7.26. The maximum absolute atomic E-state index is 2.59. The van der Waals surface area contributed by atoms with Crippen molar-refractivity contribution in [2.45, 2.75) is 12.5 Å². The van der Waals surface area contributed by atoms with Crippen molar-refractivity contribution in [3.05, 3.63) is 206 Å². The Morgan fingerprint density at radius 2 is 1.25 bits per heavy atom. The predicted octanol–water partition coefficient (Wildman–Crippen LogP) is 14.5. The first-order valence-electron chi connectivity index (χ1n) is 19.0. The predicted molar refractivity (Wildman–Crippen MR) is 237 cm³/mol. The molecule has 1 unspecified atom stereocenters. The standard InChI is InChI=1S/C52H36N2S/c1-3-14-36(15-4-1)41-18-7-10-22-46(41)53(48-24-13-21-44-43-19-8-11-23-47(43)54(52(44)48)39-16-5-2-6-17-39)40-30-26-35(27-31-40)37-28-32-42-38(34-37)29-33-50-51(42)45-20-9-12-25-49(45)55-50/h1-21,23-34,46H,22H2. The van der Waals surface area contributed by atoms with Crippen molar-refractivity contribution in [1.82, 2.24) is 4.57 Å². The summed E-state index contributed by atoms with van der Waals surface area (Å²) >= 11 is 1.88. The molecule has 0 fully saturated rings. The Kier molecular flexibility index (Phi) is 7.53. The molecule has 2 heterocycles. The van der Waals surface area contributed by atoms with Crippen LogP contribution in [-0.4, -0.2) is 10.6 Å². The van der Waals surface area contributed by atoms with Crippen LogP contribution in [0.15, 0.2) is 200 Å². The monoisotopic (exact) mass is 720 g/mol. The highest BCUT2D eigenvalue weighted by atomic mass is 32.1. The third-order valence-electron chi connectivity index (χ3n) is 11.3. The summed E-state index contributed by atoms with van der Waals surface area (Å²) < 4.78 is 5.13. The largest absolute Gasteiger partial charge is 0.332 e. The molecule has 11 rings (SSSR count). The molecule has 0 amide bonds. The summed E-state index contributed by atoms with van der Waals surface area (Å²) in [7, 11) is 0. The summed E-state index contributed by atoms with van der Waals surface area (Å²) in [5.74, 6) is 0. The molecule has 1 aliphatic carbocycles. The fourth-order valence-electron chi connectivity index (χ4n) is 8.86. The minimum Gasteiger partial charge on any atom is -0.332 e. The quantitative estimate of drug-likeness (QED) is 0.166. The molecule has 0 radical (unpaired) electrons. The lowest BCUT2D eigenvalue weighted by molar-refractivity contribution is 0.803. The molecular weight excluding hydrogens is 685 g/mol. The van der Waals surface area contributed by atoms with Crippen molar-refractivity contribution < 1.29 is 0 Å². The molecule has 1 aliphatic rings. The lowest BCUT2D eigenvalue weighted by Gasteiger charge is -2.37. The minimum absolute atomic E-state index is 0.0783. The molecule has 0 spiro atoms. The number of benzene rings is 8. The van der Waals surface area contributed by atoms with Crippen LogP contribution in [0.4, 0.5) is 11.4 Å². The second kappa shape index (κ2) is 13.0. The van der Waals surface area contributed by atoms with E-state index in [-0.39, 0.29) is 6.04 Å². The van der Waals surface area contributed by atoms with Gasteiger partial charge >= 0.3 is 0 Å². The summed E-state index contributed by atoms with van der Waals surface area (Å²) in [6, 6.07) is 67.0. The summed E-state index contributed by atoms with van der Waals surface area (Å²) in [6.07, 6.45) is 7.73. The molecule has 0 bridgehead atoms. The molecule has 3 heteroatoms. The van der Waals surface area contributed by atoms with E-state index in [1.54, 1.807) is 0 Å². The number of thiophene rings is 1. The Morgan fingerprint density at radius 3 is 2.11 bits per heavy atom. The van der Waals surface area contributed by atoms with E-state index in [1.807, 2.05) is 11.3 Å². The van der Waals surface area contributed by atoms with Gasteiger partial charge in [-0.2, -0.15) is 0 Å². The molecular formula is C52H36N2S. The van der Waals surface area contributed by atoms with Crippen molar-refractivity contribution in [3.63, 3.8) is 0 Å². The Labute approximate surface area is 324 Å². The number of hydrogen-bond acceptors (Lipinski definition) is 2. The number of nitrogens with zero attached hydrogens (tertiary/aromatic N) is 2. The van der Waals surface area contributed by atoms with Crippen molar-refractivity contribution in [2.24, 2.45) is 0 Å². The van der Waals surface area contributed by atoms with E-state index in [1.165, 1.54) is 80.7 Å². The summed E-state index contributed by atoms with van der Waals surface area (Å²) in [5.41, 5.74) is 10.9. The van der Waals surface area contributed by atoms with E-state index < -0.39 is 0 Å². The molecule has 260 valence electrons. The Hall–Kier alpha value is -6.68. The van der Waals surface area contributed by atoms with E-state index in [2.05, 4.69) is 210 Å². The van der Waals surface area contributed by atoms with Crippen molar-refractivity contribution in [3.8, 4) is 16.8 Å². The van der Waals surface area contributed by atoms with Gasteiger partial charge in [0.15, 0.2) is 0 Å². The first-order valence-corrected chi connectivity index (χ1v) is 19.9. The van der Waals surface area contributed by atoms with Gasteiger partial charge in [-0.05, 0) is 94.1 Å². The van der Waals surface area contributed by atoms with Crippen LogP contribution in [0.25, 0.3) is 75.1 Å². The van der Waals surface area contributed by atoms with E-state index in [4.69, 9.17) is 0 Å². The van der Waals surface area contributed by atoms with Gasteiger partial charge in [0.1, 0.15) is 0 Å². The zero-order chi connectivity index (χ0) is 36.3. The van der Waals surface area contributed by atoms with Gasteiger partial charge < -0.3 is 9.47 Å². The normalized spacial score (nSPS) is 14.3. The SMILES string of the molecule is C1=CCC(N(c2ccc(-c3ccc4c(ccc5sc6ccccc6c54)c3)cc2)c2cccc3c4ccccc4n(-c4ccccc4)c23)C(c2ccccc2)=C1. The van der Waals surface area contributed by atoms with E-state index in [9.17, 15) is 0 Å². The van der Waals surface area contributed by atoms with Crippen LogP contribution in [0, 0.1) is 0 Å². The number of hydrogen-bond donors (Lipinski definition) is 0. The Balaban J connectivity index is 1.09. The number of para-hydroxylation sites is 3. The number of fused-ring (bicyclic) bond motifs is 8. The molecule has 0 saturated heterocycles. The van der Waals surface area contributed by atoms with Crippen molar-refractivity contribution >= 4 is 81.0 Å².